The van der Waals surface area contributed by atoms with Crippen molar-refractivity contribution in [1.82, 2.24) is 5.32 Å². The summed E-state index contributed by atoms with van der Waals surface area (Å²) in [6.45, 7) is 8.60. The maximum atomic E-state index is 6.02. The molecule has 2 rings (SSSR count). The maximum absolute atomic E-state index is 6.02. The van der Waals surface area contributed by atoms with Gasteiger partial charge < -0.3 is 14.8 Å². The Balaban J connectivity index is 1.76. The third kappa shape index (κ3) is 4.11. The van der Waals surface area contributed by atoms with Crippen molar-refractivity contribution in [3.63, 3.8) is 0 Å². The van der Waals surface area contributed by atoms with E-state index in [-0.39, 0.29) is 0 Å². The zero-order chi connectivity index (χ0) is 14.5. The predicted molar refractivity (Wildman–Crippen MR) is 82.9 cm³/mol. The van der Waals surface area contributed by atoms with Crippen LogP contribution in [0.3, 0.4) is 0 Å². The molecule has 4 heteroatoms. The fraction of sp³-hybridized carbons (Fsp3) is 0.625. The molecule has 2 atom stereocenters. The molecule has 1 aliphatic rings. The van der Waals surface area contributed by atoms with Crippen molar-refractivity contribution in [2.75, 3.05) is 19.8 Å². The Morgan fingerprint density at radius 3 is 2.70 bits per heavy atom. The summed E-state index contributed by atoms with van der Waals surface area (Å²) in [5.41, 5.74) is 2.17. The molecule has 0 aliphatic carbocycles. The third-order valence-corrected chi connectivity index (χ3v) is 3.98. The molecule has 112 valence electrons. The van der Waals surface area contributed by atoms with Gasteiger partial charge in [-0.05, 0) is 56.9 Å². The van der Waals surface area contributed by atoms with E-state index >= 15 is 0 Å². The van der Waals surface area contributed by atoms with Crippen LogP contribution in [0.2, 0.25) is 5.02 Å². The summed E-state index contributed by atoms with van der Waals surface area (Å²) in [6.07, 6.45) is 2.69. The fourth-order valence-corrected chi connectivity index (χ4v) is 3.02. The lowest BCUT2D eigenvalue weighted by atomic mass is 10.1. The highest BCUT2D eigenvalue weighted by atomic mass is 35.5. The molecule has 0 bridgehead atoms. The van der Waals surface area contributed by atoms with Gasteiger partial charge in [-0.2, -0.15) is 0 Å². The number of halogens is 1. The lowest BCUT2D eigenvalue weighted by molar-refractivity contribution is 0.0824. The zero-order valence-corrected chi connectivity index (χ0v) is 13.3. The van der Waals surface area contributed by atoms with Gasteiger partial charge in [0.1, 0.15) is 12.4 Å². The van der Waals surface area contributed by atoms with Crippen LogP contribution in [0.15, 0.2) is 12.1 Å². The number of hydrogen-bond donors (Lipinski definition) is 1. The molecule has 1 aromatic carbocycles. The van der Waals surface area contributed by atoms with E-state index in [1.807, 2.05) is 26.0 Å². The van der Waals surface area contributed by atoms with Gasteiger partial charge in [0, 0.05) is 24.2 Å². The van der Waals surface area contributed by atoms with E-state index in [9.17, 15) is 0 Å². The van der Waals surface area contributed by atoms with Crippen LogP contribution < -0.4 is 10.1 Å². The standard InChI is InChI=1S/C16H24ClNO2/c1-11-9-14(17)10-12(2)16(11)20-8-6-18-13(3)15-5-4-7-19-15/h9-10,13,15,18H,4-8H2,1-3H3. The molecule has 0 radical (unpaired) electrons. The van der Waals surface area contributed by atoms with Crippen molar-refractivity contribution >= 4 is 11.6 Å². The Hall–Kier alpha value is -0.770. The fourth-order valence-electron chi connectivity index (χ4n) is 2.69. The van der Waals surface area contributed by atoms with Crippen molar-refractivity contribution in [2.24, 2.45) is 0 Å². The van der Waals surface area contributed by atoms with Gasteiger partial charge in [-0.3, -0.25) is 0 Å². The number of nitrogens with one attached hydrogen (secondary N) is 1. The highest BCUT2D eigenvalue weighted by Gasteiger charge is 2.21. The summed E-state index contributed by atoms with van der Waals surface area (Å²) >= 11 is 6.02. The lowest BCUT2D eigenvalue weighted by Crippen LogP contribution is -2.39. The van der Waals surface area contributed by atoms with Gasteiger partial charge in [0.15, 0.2) is 0 Å². The van der Waals surface area contributed by atoms with Gasteiger partial charge in [-0.15, -0.1) is 0 Å². The Morgan fingerprint density at radius 2 is 2.10 bits per heavy atom. The Kier molecular flexibility index (Phi) is 5.70. The number of ether oxygens (including phenoxy) is 2. The summed E-state index contributed by atoms with van der Waals surface area (Å²) < 4.78 is 11.5. The molecule has 1 heterocycles. The quantitative estimate of drug-likeness (QED) is 0.815. The number of aryl methyl sites for hydroxylation is 2. The van der Waals surface area contributed by atoms with E-state index in [0.29, 0.717) is 18.8 Å². The molecule has 1 aliphatic heterocycles. The monoisotopic (exact) mass is 297 g/mol. The zero-order valence-electron chi connectivity index (χ0n) is 12.5. The summed E-state index contributed by atoms with van der Waals surface area (Å²) in [4.78, 5) is 0. The van der Waals surface area contributed by atoms with Gasteiger partial charge in [0.05, 0.1) is 6.10 Å². The van der Waals surface area contributed by atoms with Gasteiger partial charge >= 0.3 is 0 Å². The normalized spacial score (nSPS) is 20.1. The molecule has 1 fully saturated rings. The van der Waals surface area contributed by atoms with Crippen LogP contribution in [-0.4, -0.2) is 31.9 Å². The first kappa shape index (κ1) is 15.6. The Bertz CT molecular complexity index is 421. The number of benzene rings is 1. The van der Waals surface area contributed by atoms with Gasteiger partial charge in [0.2, 0.25) is 0 Å². The highest BCUT2D eigenvalue weighted by Crippen LogP contribution is 2.26. The van der Waals surface area contributed by atoms with Crippen molar-refractivity contribution in [1.29, 1.82) is 0 Å². The van der Waals surface area contributed by atoms with Gasteiger partial charge in [-0.25, -0.2) is 0 Å². The molecule has 1 N–H and O–H groups in total. The molecule has 3 nitrogen and oxygen atoms in total. The van der Waals surface area contributed by atoms with E-state index < -0.39 is 0 Å². The summed E-state index contributed by atoms with van der Waals surface area (Å²) in [7, 11) is 0. The summed E-state index contributed by atoms with van der Waals surface area (Å²) in [5, 5.41) is 4.23. The van der Waals surface area contributed by atoms with Crippen LogP contribution in [0.1, 0.15) is 30.9 Å². The molecule has 1 saturated heterocycles. The molecule has 1 aromatic rings. The molecule has 0 spiro atoms. The summed E-state index contributed by atoms with van der Waals surface area (Å²) in [5.74, 6) is 0.945. The van der Waals surface area contributed by atoms with E-state index in [2.05, 4.69) is 12.2 Å². The predicted octanol–water partition coefficient (Wildman–Crippen LogP) is 3.49. The molecule has 0 amide bonds. The molecule has 0 aromatic heterocycles. The van der Waals surface area contributed by atoms with Crippen molar-refractivity contribution in [3.05, 3.63) is 28.3 Å². The second kappa shape index (κ2) is 7.30. The summed E-state index contributed by atoms with van der Waals surface area (Å²) in [6, 6.07) is 4.26. The van der Waals surface area contributed by atoms with Crippen LogP contribution >= 0.6 is 11.6 Å². The smallest absolute Gasteiger partial charge is 0.125 e. The van der Waals surface area contributed by atoms with Crippen LogP contribution in [-0.2, 0) is 4.74 Å². The molecular formula is C16H24ClNO2. The van der Waals surface area contributed by atoms with E-state index in [0.717, 1.165) is 41.5 Å². The first-order valence-corrected chi connectivity index (χ1v) is 7.70. The van der Waals surface area contributed by atoms with E-state index in [1.165, 1.54) is 6.42 Å². The minimum absolute atomic E-state index is 0.356. The van der Waals surface area contributed by atoms with Crippen LogP contribution in [0.25, 0.3) is 0 Å². The van der Waals surface area contributed by atoms with Crippen LogP contribution in [0, 0.1) is 13.8 Å². The molecule has 20 heavy (non-hydrogen) atoms. The first-order chi connectivity index (χ1) is 9.58. The highest BCUT2D eigenvalue weighted by molar-refractivity contribution is 6.30. The van der Waals surface area contributed by atoms with E-state index in [4.69, 9.17) is 21.1 Å². The number of hydrogen-bond acceptors (Lipinski definition) is 3. The SMILES string of the molecule is Cc1cc(Cl)cc(C)c1OCCNC(C)C1CCCO1. The van der Waals surface area contributed by atoms with Gasteiger partial charge in [-0.1, -0.05) is 11.6 Å². The minimum Gasteiger partial charge on any atom is -0.492 e. The van der Waals surface area contributed by atoms with Crippen molar-refractivity contribution in [3.8, 4) is 5.75 Å². The van der Waals surface area contributed by atoms with E-state index in [1.54, 1.807) is 0 Å². The average molecular weight is 298 g/mol. The van der Waals surface area contributed by atoms with Crippen LogP contribution in [0.5, 0.6) is 5.75 Å². The van der Waals surface area contributed by atoms with Gasteiger partial charge in [0.25, 0.3) is 0 Å². The first-order valence-electron chi connectivity index (χ1n) is 7.32. The second-order valence-electron chi connectivity index (χ2n) is 5.51. The third-order valence-electron chi connectivity index (χ3n) is 3.76. The van der Waals surface area contributed by atoms with Crippen LogP contribution in [0.4, 0.5) is 0 Å². The largest absolute Gasteiger partial charge is 0.492 e. The number of rotatable bonds is 6. The lowest BCUT2D eigenvalue weighted by Gasteiger charge is -2.20. The topological polar surface area (TPSA) is 30.5 Å². The Morgan fingerprint density at radius 1 is 1.40 bits per heavy atom. The van der Waals surface area contributed by atoms with Crippen molar-refractivity contribution < 1.29 is 9.47 Å². The maximum Gasteiger partial charge on any atom is 0.125 e. The average Bonchev–Trinajstić information content (AvgIpc) is 2.90. The second-order valence-corrected chi connectivity index (χ2v) is 5.95. The molecular weight excluding hydrogens is 274 g/mol. The molecule has 0 saturated carbocycles. The molecule has 2 unspecified atom stereocenters. The van der Waals surface area contributed by atoms with Crippen molar-refractivity contribution in [2.45, 2.75) is 45.8 Å². The Labute approximate surface area is 126 Å². The minimum atomic E-state index is 0.356.